The number of nitrogens with one attached hydrogen (secondary N) is 1. The molecule has 1 aliphatic rings. The molecule has 0 spiro atoms. The molecular weight excluding hydrogens is 466 g/mol. The van der Waals surface area contributed by atoms with Crippen molar-refractivity contribution >= 4 is 44.2 Å². The van der Waals surface area contributed by atoms with Gasteiger partial charge >= 0.3 is 0 Å². The highest BCUT2D eigenvalue weighted by molar-refractivity contribution is 7.90. The number of hydrogen-bond donors (Lipinski definition) is 2. The maximum absolute atomic E-state index is 12.4. The van der Waals surface area contributed by atoms with Crippen molar-refractivity contribution in [1.82, 2.24) is 28.9 Å². The zero-order valence-corrected chi connectivity index (χ0v) is 19.5. The normalized spacial score (nSPS) is 14.7. The van der Waals surface area contributed by atoms with Gasteiger partial charge in [0.15, 0.2) is 0 Å². The molecule has 33 heavy (non-hydrogen) atoms. The molecular formula is C21H22ClN7O3S. The number of halogens is 1. The second-order valence-corrected chi connectivity index (χ2v) is 11.3. The lowest BCUT2D eigenvalue weighted by Gasteiger charge is -2.16. The molecule has 0 saturated heterocycles. The van der Waals surface area contributed by atoms with Crippen LogP contribution in [0.2, 0.25) is 5.02 Å². The number of nitrogens with zero attached hydrogens (tertiary/aromatic N) is 6. The lowest BCUT2D eigenvalue weighted by molar-refractivity contribution is 0.0580. The standard InChI is InChI=1S/C21H22ClN7O3S/c1-21(2,30)12-28-10-13-3-4-15(7-18(13)27-28)25-20-23-9-17(22)19(26-20)14-8-24-29(11-14)33(31,32)16-5-6-16/h3-4,7-11,16,30H,5-6,12H2,1-2H3,(H,23,25,26). The van der Waals surface area contributed by atoms with E-state index in [-0.39, 0.29) is 10.3 Å². The van der Waals surface area contributed by atoms with Gasteiger partial charge in [-0.25, -0.2) is 18.4 Å². The summed E-state index contributed by atoms with van der Waals surface area (Å²) in [6.07, 6.45) is 7.49. The Bertz CT molecular complexity index is 1450. The molecule has 0 unspecified atom stereocenters. The van der Waals surface area contributed by atoms with Crippen molar-refractivity contribution in [1.29, 1.82) is 0 Å². The highest BCUT2D eigenvalue weighted by Crippen LogP contribution is 2.32. The number of aromatic nitrogens is 6. The largest absolute Gasteiger partial charge is 0.389 e. The number of fused-ring (bicyclic) bond motifs is 1. The molecule has 0 amide bonds. The first-order valence-corrected chi connectivity index (χ1v) is 12.3. The van der Waals surface area contributed by atoms with Crippen molar-refractivity contribution in [2.24, 2.45) is 0 Å². The molecule has 2 N–H and O–H groups in total. The first-order valence-electron chi connectivity index (χ1n) is 10.4. The minimum atomic E-state index is -3.48. The molecule has 1 aromatic carbocycles. The van der Waals surface area contributed by atoms with Crippen molar-refractivity contribution in [3.05, 3.63) is 48.0 Å². The number of hydrogen-bond acceptors (Lipinski definition) is 8. The Kier molecular flexibility index (Phi) is 5.15. The molecule has 0 bridgehead atoms. The molecule has 0 radical (unpaired) electrons. The third-order valence-corrected chi connectivity index (χ3v) is 7.46. The van der Waals surface area contributed by atoms with Crippen LogP contribution in [0.1, 0.15) is 26.7 Å². The SMILES string of the molecule is CC(C)(O)Cn1cc2ccc(Nc3ncc(Cl)c(-c4cnn(S(=O)(=O)C5CC5)c4)n3)cc2n1. The number of rotatable bonds is 7. The first kappa shape index (κ1) is 21.8. The van der Waals surface area contributed by atoms with E-state index in [1.807, 2.05) is 24.4 Å². The van der Waals surface area contributed by atoms with Gasteiger partial charge in [-0.2, -0.15) is 14.3 Å². The molecule has 1 aliphatic carbocycles. The van der Waals surface area contributed by atoms with E-state index >= 15 is 0 Å². The summed E-state index contributed by atoms with van der Waals surface area (Å²) < 4.78 is 27.5. The summed E-state index contributed by atoms with van der Waals surface area (Å²) in [6.45, 7) is 3.83. The first-order chi connectivity index (χ1) is 15.6. The van der Waals surface area contributed by atoms with Gasteiger partial charge in [-0.15, -0.1) is 0 Å². The summed E-state index contributed by atoms with van der Waals surface area (Å²) in [7, 11) is -3.48. The number of anilines is 2. The van der Waals surface area contributed by atoms with Crippen LogP contribution in [-0.2, 0) is 16.6 Å². The van der Waals surface area contributed by atoms with Gasteiger partial charge in [-0.1, -0.05) is 11.6 Å². The Hall–Kier alpha value is -3.02. The van der Waals surface area contributed by atoms with E-state index in [2.05, 4.69) is 25.5 Å². The summed E-state index contributed by atoms with van der Waals surface area (Å²) >= 11 is 6.29. The maximum atomic E-state index is 12.4. The maximum Gasteiger partial charge on any atom is 0.256 e. The molecule has 10 nitrogen and oxygen atoms in total. The minimum Gasteiger partial charge on any atom is -0.389 e. The monoisotopic (exact) mass is 487 g/mol. The van der Waals surface area contributed by atoms with Gasteiger partial charge in [-0.05, 0) is 44.9 Å². The third-order valence-electron chi connectivity index (χ3n) is 5.14. The molecule has 0 atom stereocenters. The van der Waals surface area contributed by atoms with Crippen LogP contribution in [-0.4, -0.2) is 53.3 Å². The van der Waals surface area contributed by atoms with Gasteiger partial charge in [0, 0.05) is 22.8 Å². The van der Waals surface area contributed by atoms with Crippen LogP contribution in [0.3, 0.4) is 0 Å². The van der Waals surface area contributed by atoms with Crippen molar-refractivity contribution in [2.45, 2.75) is 44.1 Å². The van der Waals surface area contributed by atoms with E-state index in [9.17, 15) is 13.5 Å². The van der Waals surface area contributed by atoms with Gasteiger partial charge in [0.1, 0.15) is 0 Å². The highest BCUT2D eigenvalue weighted by atomic mass is 35.5. The zero-order valence-electron chi connectivity index (χ0n) is 18.0. The zero-order chi connectivity index (χ0) is 23.4. The van der Waals surface area contributed by atoms with Gasteiger partial charge in [0.25, 0.3) is 10.0 Å². The Morgan fingerprint density at radius 1 is 1.24 bits per heavy atom. The third kappa shape index (κ3) is 4.56. The quantitative estimate of drug-likeness (QED) is 0.406. The van der Waals surface area contributed by atoms with E-state index in [4.69, 9.17) is 11.6 Å². The minimum absolute atomic E-state index is 0.282. The summed E-state index contributed by atoms with van der Waals surface area (Å²) in [5.74, 6) is 0.294. The lowest BCUT2D eigenvalue weighted by Crippen LogP contribution is -2.26. The van der Waals surface area contributed by atoms with Gasteiger partial charge in [0.05, 0.1) is 52.2 Å². The smallest absolute Gasteiger partial charge is 0.256 e. The lowest BCUT2D eigenvalue weighted by atomic mass is 10.1. The summed E-state index contributed by atoms with van der Waals surface area (Å²) in [5.41, 5.74) is 1.46. The number of aliphatic hydroxyl groups is 1. The molecule has 1 saturated carbocycles. The molecule has 3 aromatic heterocycles. The highest BCUT2D eigenvalue weighted by Gasteiger charge is 2.37. The molecule has 172 valence electrons. The average molecular weight is 488 g/mol. The van der Waals surface area contributed by atoms with Crippen LogP contribution in [0.5, 0.6) is 0 Å². The van der Waals surface area contributed by atoms with Crippen molar-refractivity contribution in [3.63, 3.8) is 0 Å². The predicted molar refractivity (Wildman–Crippen MR) is 125 cm³/mol. The van der Waals surface area contributed by atoms with E-state index in [0.717, 1.165) is 20.7 Å². The van der Waals surface area contributed by atoms with Gasteiger partial charge in [-0.3, -0.25) is 4.68 Å². The van der Waals surface area contributed by atoms with E-state index in [1.54, 1.807) is 18.5 Å². The average Bonchev–Trinajstić information content (AvgIpc) is 3.35. The Labute approximate surface area is 195 Å². The topological polar surface area (TPSA) is 128 Å². The van der Waals surface area contributed by atoms with Crippen molar-refractivity contribution in [3.8, 4) is 11.3 Å². The van der Waals surface area contributed by atoms with E-state index < -0.39 is 15.6 Å². The summed E-state index contributed by atoms with van der Waals surface area (Å²) in [5, 5.41) is 22.5. The molecule has 3 heterocycles. The van der Waals surface area contributed by atoms with E-state index in [1.165, 1.54) is 18.6 Å². The van der Waals surface area contributed by atoms with Crippen molar-refractivity contribution < 1.29 is 13.5 Å². The van der Waals surface area contributed by atoms with Gasteiger partial charge < -0.3 is 10.4 Å². The fraction of sp³-hybridized carbons (Fsp3) is 0.333. The molecule has 0 aliphatic heterocycles. The number of benzene rings is 1. The summed E-state index contributed by atoms with van der Waals surface area (Å²) in [4.78, 5) is 8.70. The Morgan fingerprint density at radius 3 is 2.76 bits per heavy atom. The van der Waals surface area contributed by atoms with Crippen LogP contribution in [0.15, 0.2) is 43.0 Å². The fourth-order valence-corrected chi connectivity index (χ4v) is 5.14. The van der Waals surface area contributed by atoms with Crippen LogP contribution in [0, 0.1) is 0 Å². The van der Waals surface area contributed by atoms with Crippen molar-refractivity contribution in [2.75, 3.05) is 5.32 Å². The van der Waals surface area contributed by atoms with Crippen LogP contribution < -0.4 is 5.32 Å². The molecule has 1 fully saturated rings. The van der Waals surface area contributed by atoms with Crippen LogP contribution >= 0.6 is 11.6 Å². The Balaban J connectivity index is 1.40. The molecule has 5 rings (SSSR count). The van der Waals surface area contributed by atoms with E-state index in [0.29, 0.717) is 36.6 Å². The Morgan fingerprint density at radius 2 is 2.03 bits per heavy atom. The molecule has 4 aromatic rings. The summed E-state index contributed by atoms with van der Waals surface area (Å²) in [6, 6.07) is 5.64. The fourth-order valence-electron chi connectivity index (χ4n) is 3.47. The predicted octanol–water partition coefficient (Wildman–Crippen LogP) is 3.20. The second kappa shape index (κ2) is 7.79. The van der Waals surface area contributed by atoms with Crippen LogP contribution in [0.4, 0.5) is 11.6 Å². The van der Waals surface area contributed by atoms with Crippen LogP contribution in [0.25, 0.3) is 22.2 Å². The molecule has 12 heteroatoms. The van der Waals surface area contributed by atoms with Gasteiger partial charge in [0.2, 0.25) is 5.95 Å². The second-order valence-electron chi connectivity index (χ2n) is 8.77.